The number of likely N-dealkylation sites (N-methyl/N-ethyl adjacent to an activating group) is 1. The number of hydrogen-bond acceptors (Lipinski definition) is 8. The third-order valence-electron chi connectivity index (χ3n) is 9.04. The predicted molar refractivity (Wildman–Crippen MR) is 208 cm³/mol. The Morgan fingerprint density at radius 3 is 1.49 bits per heavy atom. The summed E-state index contributed by atoms with van der Waals surface area (Å²) in [6, 6.07) is 0. The number of hydrogen-bond donors (Lipinski definition) is 0. The van der Waals surface area contributed by atoms with Crippen LogP contribution in [0.4, 0.5) is 0 Å². The lowest BCUT2D eigenvalue weighted by atomic mass is 10.0. The van der Waals surface area contributed by atoms with Crippen molar-refractivity contribution in [1.29, 1.82) is 0 Å². The highest BCUT2D eigenvalue weighted by molar-refractivity contribution is 7.45. The highest BCUT2D eigenvalue weighted by atomic mass is 31.2. The van der Waals surface area contributed by atoms with E-state index in [-0.39, 0.29) is 32.0 Å². The van der Waals surface area contributed by atoms with Crippen LogP contribution in [0.2, 0.25) is 0 Å². The van der Waals surface area contributed by atoms with E-state index in [1.165, 1.54) is 96.3 Å². The van der Waals surface area contributed by atoms with Crippen LogP contribution in [0.15, 0.2) is 12.2 Å². The van der Waals surface area contributed by atoms with Crippen molar-refractivity contribution in [3.8, 4) is 0 Å². The molecular weight excluding hydrogens is 665 g/mol. The molecule has 0 aliphatic carbocycles. The Labute approximate surface area is 314 Å². The summed E-state index contributed by atoms with van der Waals surface area (Å²) in [6.45, 7) is 4.20. The summed E-state index contributed by atoms with van der Waals surface area (Å²) in [4.78, 5) is 37.4. The first kappa shape index (κ1) is 49.8. The van der Waals surface area contributed by atoms with Gasteiger partial charge < -0.3 is 27.9 Å². The first-order valence-electron chi connectivity index (χ1n) is 20.9. The Hall–Kier alpha value is -1.25. The van der Waals surface area contributed by atoms with E-state index in [1.807, 2.05) is 21.1 Å². The zero-order chi connectivity index (χ0) is 37.9. The predicted octanol–water partition coefficient (Wildman–Crippen LogP) is 10.8. The molecule has 0 aliphatic rings. The molecule has 0 spiro atoms. The van der Waals surface area contributed by atoms with Crippen molar-refractivity contribution in [2.75, 3.05) is 47.5 Å². The number of quaternary nitrogens is 1. The average Bonchev–Trinajstić information content (AvgIpc) is 3.07. The van der Waals surface area contributed by atoms with Gasteiger partial charge in [0.1, 0.15) is 19.8 Å². The number of allylic oxidation sites excluding steroid dienone is 2. The largest absolute Gasteiger partial charge is 0.756 e. The smallest absolute Gasteiger partial charge is 0.306 e. The van der Waals surface area contributed by atoms with Gasteiger partial charge in [0.2, 0.25) is 0 Å². The second kappa shape index (κ2) is 34.5. The van der Waals surface area contributed by atoms with Gasteiger partial charge in [-0.15, -0.1) is 0 Å². The molecule has 302 valence electrons. The molecule has 0 saturated carbocycles. The number of phosphoric acid groups is 1. The van der Waals surface area contributed by atoms with E-state index < -0.39 is 26.5 Å². The van der Waals surface area contributed by atoms with Gasteiger partial charge in [-0.2, -0.15) is 0 Å². The van der Waals surface area contributed by atoms with Gasteiger partial charge in [0.15, 0.2) is 6.10 Å². The van der Waals surface area contributed by atoms with Gasteiger partial charge in [0.25, 0.3) is 7.82 Å². The van der Waals surface area contributed by atoms with E-state index in [4.69, 9.17) is 18.5 Å². The lowest BCUT2D eigenvalue weighted by molar-refractivity contribution is -0.870. The van der Waals surface area contributed by atoms with Crippen LogP contribution in [-0.2, 0) is 32.7 Å². The Morgan fingerprint density at radius 2 is 1.00 bits per heavy atom. The minimum absolute atomic E-state index is 0.0295. The molecule has 0 rings (SSSR count). The summed E-state index contributed by atoms with van der Waals surface area (Å²) in [5, 5.41) is 0. The van der Waals surface area contributed by atoms with E-state index in [1.54, 1.807) is 0 Å². The van der Waals surface area contributed by atoms with Gasteiger partial charge in [0.05, 0.1) is 27.7 Å². The number of esters is 2. The summed E-state index contributed by atoms with van der Waals surface area (Å²) < 4.78 is 33.8. The third-order valence-corrected chi connectivity index (χ3v) is 10.00. The van der Waals surface area contributed by atoms with Crippen LogP contribution in [0, 0.1) is 0 Å². The number of rotatable bonds is 38. The maximum atomic E-state index is 12.6. The van der Waals surface area contributed by atoms with Gasteiger partial charge in [0, 0.05) is 12.8 Å². The van der Waals surface area contributed by atoms with Crippen molar-refractivity contribution >= 4 is 19.8 Å². The number of carbonyl (C=O) groups excluding carboxylic acids is 2. The lowest BCUT2D eigenvalue weighted by Crippen LogP contribution is -2.37. The fourth-order valence-corrected chi connectivity index (χ4v) is 6.44. The second-order valence-electron chi connectivity index (χ2n) is 15.4. The monoisotopic (exact) mass is 746 g/mol. The minimum Gasteiger partial charge on any atom is -0.756 e. The zero-order valence-electron chi connectivity index (χ0n) is 33.8. The fourth-order valence-electron chi connectivity index (χ4n) is 5.71. The van der Waals surface area contributed by atoms with Crippen molar-refractivity contribution in [2.45, 2.75) is 193 Å². The summed E-state index contributed by atoms with van der Waals surface area (Å²) in [5.41, 5.74) is 0. The van der Waals surface area contributed by atoms with Crippen LogP contribution in [-0.4, -0.2) is 70.0 Å². The molecular formula is C41H80NO8P. The van der Waals surface area contributed by atoms with E-state index in [9.17, 15) is 19.0 Å². The molecule has 0 amide bonds. The molecule has 0 fully saturated rings. The highest BCUT2D eigenvalue weighted by Crippen LogP contribution is 2.38. The molecule has 0 heterocycles. The van der Waals surface area contributed by atoms with E-state index in [0.717, 1.165) is 57.8 Å². The minimum atomic E-state index is -4.62. The maximum Gasteiger partial charge on any atom is 0.306 e. The van der Waals surface area contributed by atoms with E-state index in [0.29, 0.717) is 17.4 Å². The molecule has 0 aliphatic heterocycles. The topological polar surface area (TPSA) is 111 Å². The molecule has 9 nitrogen and oxygen atoms in total. The van der Waals surface area contributed by atoms with Gasteiger partial charge in [-0.25, -0.2) is 0 Å². The Kier molecular flexibility index (Phi) is 33.7. The normalized spacial score (nSPS) is 13.8. The van der Waals surface area contributed by atoms with Gasteiger partial charge >= 0.3 is 11.9 Å². The Bertz CT molecular complexity index is 891. The average molecular weight is 746 g/mol. The Balaban J connectivity index is 4.36. The second-order valence-corrected chi connectivity index (χ2v) is 16.8. The summed E-state index contributed by atoms with van der Waals surface area (Å²) >= 11 is 0. The molecule has 2 atom stereocenters. The lowest BCUT2D eigenvalue weighted by Gasteiger charge is -2.28. The van der Waals surface area contributed by atoms with E-state index >= 15 is 0 Å². The summed E-state index contributed by atoms with van der Waals surface area (Å²) in [6.07, 6.45) is 33.7. The van der Waals surface area contributed by atoms with Crippen LogP contribution < -0.4 is 4.89 Å². The number of unbranched alkanes of at least 4 members (excludes halogenated alkanes) is 22. The molecule has 0 bridgehead atoms. The van der Waals surface area contributed by atoms with Crippen molar-refractivity contribution in [1.82, 2.24) is 0 Å². The summed E-state index contributed by atoms with van der Waals surface area (Å²) in [5.74, 6) is -0.838. The standard InChI is InChI=1S/C41H80NO8P/c1-6-8-10-12-14-16-18-20-21-22-24-25-27-29-31-33-40(43)47-37-39(38-49-51(45,46)48-36-35-42(3,4)5)50-41(44)34-32-30-28-26-23-19-17-15-13-11-9-7-2/h15,17,39H,6-14,16,18-38H2,1-5H3/b17-15-. The van der Waals surface area contributed by atoms with Gasteiger partial charge in [-0.1, -0.05) is 148 Å². The molecule has 51 heavy (non-hydrogen) atoms. The molecule has 0 aromatic rings. The number of carbonyl (C=O) groups is 2. The highest BCUT2D eigenvalue weighted by Gasteiger charge is 2.21. The maximum absolute atomic E-state index is 12.6. The van der Waals surface area contributed by atoms with Crippen LogP contribution in [0.5, 0.6) is 0 Å². The first-order valence-corrected chi connectivity index (χ1v) is 22.4. The molecule has 0 aromatic heterocycles. The van der Waals surface area contributed by atoms with Crippen molar-refractivity contribution in [2.24, 2.45) is 0 Å². The molecule has 0 aromatic carbocycles. The van der Waals surface area contributed by atoms with E-state index in [2.05, 4.69) is 26.0 Å². The van der Waals surface area contributed by atoms with Crippen molar-refractivity contribution < 1.29 is 42.1 Å². The van der Waals surface area contributed by atoms with Crippen LogP contribution in [0.3, 0.4) is 0 Å². The molecule has 0 N–H and O–H groups in total. The van der Waals surface area contributed by atoms with Crippen LogP contribution in [0.1, 0.15) is 187 Å². The quantitative estimate of drug-likeness (QED) is 0.0202. The number of phosphoric ester groups is 1. The van der Waals surface area contributed by atoms with Crippen molar-refractivity contribution in [3.63, 3.8) is 0 Å². The molecule has 10 heteroatoms. The number of ether oxygens (including phenoxy) is 2. The molecule has 2 unspecified atom stereocenters. The number of nitrogens with zero attached hydrogens (tertiary/aromatic N) is 1. The van der Waals surface area contributed by atoms with Crippen LogP contribution >= 0.6 is 7.82 Å². The third kappa shape index (κ3) is 38.3. The Morgan fingerprint density at radius 1 is 0.588 bits per heavy atom. The van der Waals surface area contributed by atoms with Crippen molar-refractivity contribution in [3.05, 3.63) is 12.2 Å². The SMILES string of the molecule is CCCCC/C=C\CCCCCCCC(=O)OC(COC(=O)CCCCCCCCCCCCCCCCC)COP(=O)([O-])OCC[N+](C)(C)C. The molecule has 0 saturated heterocycles. The summed E-state index contributed by atoms with van der Waals surface area (Å²) in [7, 11) is 1.17. The molecule has 0 radical (unpaired) electrons. The first-order chi connectivity index (χ1) is 24.5. The fraction of sp³-hybridized carbons (Fsp3) is 0.902. The van der Waals surface area contributed by atoms with Crippen LogP contribution in [0.25, 0.3) is 0 Å². The van der Waals surface area contributed by atoms with Gasteiger partial charge in [-0.05, 0) is 38.5 Å². The zero-order valence-corrected chi connectivity index (χ0v) is 34.7. The van der Waals surface area contributed by atoms with Gasteiger partial charge in [-0.3, -0.25) is 14.2 Å².